The van der Waals surface area contributed by atoms with Crippen LogP contribution in [0.15, 0.2) is 28.0 Å². The number of nitrogens with zero attached hydrogens (tertiary/aromatic N) is 1. The third-order valence-electron chi connectivity index (χ3n) is 3.15. The van der Waals surface area contributed by atoms with Crippen LogP contribution in [0.4, 0.5) is 4.39 Å². The van der Waals surface area contributed by atoms with Crippen molar-refractivity contribution in [1.82, 2.24) is 4.31 Å². The van der Waals surface area contributed by atoms with Crippen LogP contribution in [-0.2, 0) is 24.7 Å². The first-order valence-electron chi connectivity index (χ1n) is 5.76. The molecule has 1 fully saturated rings. The van der Waals surface area contributed by atoms with E-state index in [1.165, 1.54) is 0 Å². The first-order chi connectivity index (χ1) is 9.53. The number of hydrogen-bond acceptors (Lipinski definition) is 5. The highest BCUT2D eigenvalue weighted by Gasteiger charge is 2.41. The van der Waals surface area contributed by atoms with E-state index >= 15 is 0 Å². The zero-order valence-electron chi connectivity index (χ0n) is 10.9. The number of carboxylic acids is 1. The van der Waals surface area contributed by atoms with E-state index in [9.17, 15) is 26.0 Å². The van der Waals surface area contributed by atoms with E-state index < -0.39 is 42.5 Å². The van der Waals surface area contributed by atoms with Crippen LogP contribution < -0.4 is 0 Å². The number of carbonyl (C=O) groups is 1. The van der Waals surface area contributed by atoms with Crippen LogP contribution in [0, 0.1) is 11.7 Å². The normalized spacial score (nSPS) is 17.4. The fraction of sp³-hybridized carbons (Fsp3) is 0.364. The predicted molar refractivity (Wildman–Crippen MR) is 69.4 cm³/mol. The molecule has 1 aromatic rings. The van der Waals surface area contributed by atoms with Crippen molar-refractivity contribution < 1.29 is 31.1 Å². The number of halogens is 1. The molecule has 116 valence electrons. The first-order valence-corrected chi connectivity index (χ1v) is 9.09. The molecule has 0 atom stereocenters. The van der Waals surface area contributed by atoms with Gasteiger partial charge in [0, 0.05) is 19.3 Å². The number of hydrogen-bond donors (Lipinski definition) is 1. The highest BCUT2D eigenvalue weighted by Crippen LogP contribution is 2.28. The summed E-state index contributed by atoms with van der Waals surface area (Å²) < 4.78 is 61.7. The molecule has 21 heavy (non-hydrogen) atoms. The molecule has 1 aromatic carbocycles. The minimum absolute atomic E-state index is 0.264. The van der Waals surface area contributed by atoms with Crippen LogP contribution in [0.25, 0.3) is 0 Å². The third-order valence-corrected chi connectivity index (χ3v) is 6.10. The van der Waals surface area contributed by atoms with Crippen LogP contribution >= 0.6 is 0 Å². The Morgan fingerprint density at radius 1 is 1.29 bits per heavy atom. The molecule has 0 radical (unpaired) electrons. The van der Waals surface area contributed by atoms with Crippen molar-refractivity contribution in [3.63, 3.8) is 0 Å². The average Bonchev–Trinajstić information content (AvgIpc) is 2.24. The van der Waals surface area contributed by atoms with Gasteiger partial charge in [-0.25, -0.2) is 21.2 Å². The molecule has 0 aliphatic carbocycles. The van der Waals surface area contributed by atoms with Crippen molar-refractivity contribution in [2.45, 2.75) is 9.79 Å². The maximum absolute atomic E-state index is 13.7. The Morgan fingerprint density at radius 2 is 1.86 bits per heavy atom. The Balaban J connectivity index is 2.40. The summed E-state index contributed by atoms with van der Waals surface area (Å²) in [7, 11) is -7.94. The molecule has 1 saturated heterocycles. The Bertz CT molecular complexity index is 796. The van der Waals surface area contributed by atoms with Gasteiger partial charge in [-0.1, -0.05) is 0 Å². The zero-order valence-corrected chi connectivity index (χ0v) is 12.5. The van der Waals surface area contributed by atoms with Gasteiger partial charge < -0.3 is 5.11 Å². The van der Waals surface area contributed by atoms with Crippen molar-refractivity contribution in [1.29, 1.82) is 0 Å². The van der Waals surface area contributed by atoms with Crippen molar-refractivity contribution in [2.75, 3.05) is 19.3 Å². The average molecular weight is 337 g/mol. The molecule has 0 spiro atoms. The largest absolute Gasteiger partial charge is 0.481 e. The summed E-state index contributed by atoms with van der Waals surface area (Å²) in [5.41, 5.74) is 0. The van der Waals surface area contributed by atoms with E-state index in [1.54, 1.807) is 0 Å². The Kier molecular flexibility index (Phi) is 3.80. The van der Waals surface area contributed by atoms with Crippen LogP contribution in [0.5, 0.6) is 0 Å². The minimum atomic E-state index is -4.25. The summed E-state index contributed by atoms with van der Waals surface area (Å²) >= 11 is 0. The summed E-state index contributed by atoms with van der Waals surface area (Å²) in [5, 5.41) is 8.72. The quantitative estimate of drug-likeness (QED) is 0.771. The van der Waals surface area contributed by atoms with Gasteiger partial charge in [0.15, 0.2) is 9.84 Å². The van der Waals surface area contributed by atoms with Gasteiger partial charge in [0.25, 0.3) is 0 Å². The Hall–Kier alpha value is -1.52. The molecule has 0 amide bonds. The van der Waals surface area contributed by atoms with E-state index in [-0.39, 0.29) is 18.0 Å². The van der Waals surface area contributed by atoms with E-state index in [1.807, 2.05) is 0 Å². The number of rotatable bonds is 4. The second kappa shape index (κ2) is 5.04. The fourth-order valence-corrected chi connectivity index (χ4v) is 4.18. The lowest BCUT2D eigenvalue weighted by molar-refractivity contribution is -0.145. The smallest absolute Gasteiger partial charge is 0.309 e. The predicted octanol–water partition coefficient (Wildman–Crippen LogP) is -0.0657. The second-order valence-electron chi connectivity index (χ2n) is 4.72. The number of sulfone groups is 1. The van der Waals surface area contributed by atoms with Crippen molar-refractivity contribution in [3.05, 3.63) is 24.0 Å². The number of carboxylic acid groups (broad SMARTS) is 1. The number of sulfonamides is 1. The molecule has 2 rings (SSSR count). The summed E-state index contributed by atoms with van der Waals surface area (Å²) in [5.74, 6) is -3.05. The van der Waals surface area contributed by atoms with E-state index in [0.717, 1.165) is 28.8 Å². The fourth-order valence-electron chi connectivity index (χ4n) is 1.84. The molecule has 1 heterocycles. The maximum atomic E-state index is 13.7. The number of benzene rings is 1. The van der Waals surface area contributed by atoms with Crippen molar-refractivity contribution >= 4 is 25.8 Å². The molecule has 0 aromatic heterocycles. The SMILES string of the molecule is CS(=O)(=O)c1ccc(F)c(S(=O)(=O)N2CC(C(=O)O)C2)c1. The van der Waals surface area contributed by atoms with Crippen LogP contribution in [0.1, 0.15) is 0 Å². The molecule has 0 bridgehead atoms. The number of aliphatic carboxylic acids is 1. The molecular formula is C11H12FNO6S2. The molecule has 10 heteroatoms. The van der Waals surface area contributed by atoms with Gasteiger partial charge >= 0.3 is 5.97 Å². The summed E-state index contributed by atoms with van der Waals surface area (Å²) in [6.07, 6.45) is 0.876. The van der Waals surface area contributed by atoms with Crippen LogP contribution in [0.2, 0.25) is 0 Å². The minimum Gasteiger partial charge on any atom is -0.481 e. The lowest BCUT2D eigenvalue weighted by Gasteiger charge is -2.35. The summed E-state index contributed by atoms with van der Waals surface area (Å²) in [4.78, 5) is 9.58. The summed E-state index contributed by atoms with van der Waals surface area (Å²) in [6.45, 7) is -0.527. The van der Waals surface area contributed by atoms with Gasteiger partial charge in [-0.3, -0.25) is 4.79 Å². The van der Waals surface area contributed by atoms with E-state index in [0.29, 0.717) is 0 Å². The lowest BCUT2D eigenvalue weighted by atomic mass is 10.0. The monoisotopic (exact) mass is 337 g/mol. The molecule has 7 nitrogen and oxygen atoms in total. The van der Waals surface area contributed by atoms with Gasteiger partial charge in [-0.2, -0.15) is 4.31 Å². The topological polar surface area (TPSA) is 109 Å². The van der Waals surface area contributed by atoms with Gasteiger partial charge in [0.2, 0.25) is 10.0 Å². The van der Waals surface area contributed by atoms with Crippen LogP contribution in [-0.4, -0.2) is 51.6 Å². The molecule has 0 saturated carbocycles. The van der Waals surface area contributed by atoms with Crippen LogP contribution in [0.3, 0.4) is 0 Å². The highest BCUT2D eigenvalue weighted by molar-refractivity contribution is 7.91. The Morgan fingerprint density at radius 3 is 2.33 bits per heavy atom. The summed E-state index contributed by atoms with van der Waals surface area (Å²) in [6, 6.07) is 2.48. The Labute approximate surface area is 121 Å². The van der Waals surface area contributed by atoms with Gasteiger partial charge in [0.05, 0.1) is 10.8 Å². The standard InChI is InChI=1S/C11H12FNO6S2/c1-20(16,17)8-2-3-9(12)10(4-8)21(18,19)13-5-7(6-13)11(14)15/h2-4,7H,5-6H2,1H3,(H,14,15). The van der Waals surface area contributed by atoms with Crippen molar-refractivity contribution in [3.8, 4) is 0 Å². The van der Waals surface area contributed by atoms with E-state index in [2.05, 4.69) is 0 Å². The molecule has 1 aliphatic heterocycles. The maximum Gasteiger partial charge on any atom is 0.309 e. The second-order valence-corrected chi connectivity index (χ2v) is 8.64. The lowest BCUT2D eigenvalue weighted by Crippen LogP contribution is -2.52. The zero-order chi connectivity index (χ0) is 16.0. The highest BCUT2D eigenvalue weighted by atomic mass is 32.2. The third kappa shape index (κ3) is 2.92. The van der Waals surface area contributed by atoms with E-state index in [4.69, 9.17) is 5.11 Å². The molecular weight excluding hydrogens is 325 g/mol. The molecule has 1 aliphatic rings. The first kappa shape index (κ1) is 15.9. The van der Waals surface area contributed by atoms with Gasteiger partial charge in [-0.05, 0) is 18.2 Å². The van der Waals surface area contributed by atoms with Gasteiger partial charge in [0.1, 0.15) is 10.7 Å². The van der Waals surface area contributed by atoms with Crippen molar-refractivity contribution in [2.24, 2.45) is 5.92 Å². The molecule has 1 N–H and O–H groups in total. The molecule has 0 unspecified atom stereocenters. The van der Waals surface area contributed by atoms with Gasteiger partial charge in [-0.15, -0.1) is 0 Å².